The minimum atomic E-state index is -0.787. The van der Waals surface area contributed by atoms with Gasteiger partial charge in [0.25, 0.3) is 0 Å². The third kappa shape index (κ3) is 60.6. The second-order valence-electron chi connectivity index (χ2n) is 20.2. The Balaban J connectivity index is 4.20. The third-order valence-electron chi connectivity index (χ3n) is 13.0. The molecule has 0 aromatic heterocycles. The van der Waals surface area contributed by atoms with E-state index >= 15 is 0 Å². The maximum atomic E-state index is 12.8. The first-order valence-corrected chi connectivity index (χ1v) is 31.0. The standard InChI is InChI=1S/C69H114O6/c1-4-7-10-13-16-18-20-22-24-26-28-29-30-31-32-33-34-35-36-37-38-39-41-42-44-46-48-50-53-56-59-62-68(71)74-65-66(64-73-67(70)61-58-55-52-15-12-9-6-3)75-69(72)63-60-57-54-51-49-47-45-43-40-27-25-23-21-19-17-14-11-8-5-2/h7,10,16-19,22-25,28-29,31-32,34-35,37-38,41-42,66H,4-6,8-9,11-15,20-21,26-27,30,33,36,39-40,43-65H2,1-3H3/b10-7-,18-16-,19-17-,24-22-,25-23-,29-28-,32-31-,35-34-,38-37-,42-41-. The Labute approximate surface area is 462 Å². The van der Waals surface area contributed by atoms with Crippen molar-refractivity contribution in [2.24, 2.45) is 0 Å². The lowest BCUT2D eigenvalue weighted by molar-refractivity contribution is -0.167. The molecule has 0 N–H and O–H groups in total. The summed E-state index contributed by atoms with van der Waals surface area (Å²) in [5.74, 6) is -0.910. The van der Waals surface area contributed by atoms with Crippen LogP contribution in [0.1, 0.15) is 278 Å². The highest BCUT2D eigenvalue weighted by molar-refractivity contribution is 5.71. The number of rotatable bonds is 55. The average Bonchev–Trinajstić information content (AvgIpc) is 3.41. The van der Waals surface area contributed by atoms with Crippen molar-refractivity contribution < 1.29 is 28.6 Å². The quantitative estimate of drug-likeness (QED) is 0.0261. The molecular formula is C69H114O6. The Bertz CT molecular complexity index is 1570. The van der Waals surface area contributed by atoms with Crippen LogP contribution in [0.3, 0.4) is 0 Å². The van der Waals surface area contributed by atoms with Crippen LogP contribution < -0.4 is 0 Å². The molecule has 0 heterocycles. The van der Waals surface area contributed by atoms with E-state index in [4.69, 9.17) is 14.2 Å². The Hall–Kier alpha value is -4.19. The van der Waals surface area contributed by atoms with Gasteiger partial charge < -0.3 is 14.2 Å². The molecule has 0 saturated carbocycles. The van der Waals surface area contributed by atoms with E-state index in [1.807, 2.05) is 0 Å². The molecule has 0 fully saturated rings. The minimum absolute atomic E-state index is 0.0852. The number of carbonyl (C=O) groups is 3. The van der Waals surface area contributed by atoms with Gasteiger partial charge in [0.15, 0.2) is 6.10 Å². The molecule has 426 valence electrons. The largest absolute Gasteiger partial charge is 0.462 e. The van der Waals surface area contributed by atoms with Crippen molar-refractivity contribution in [3.8, 4) is 0 Å². The topological polar surface area (TPSA) is 78.9 Å². The summed E-state index contributed by atoms with van der Waals surface area (Å²) < 4.78 is 16.8. The van der Waals surface area contributed by atoms with Gasteiger partial charge in [0.1, 0.15) is 13.2 Å². The van der Waals surface area contributed by atoms with Gasteiger partial charge in [0.2, 0.25) is 0 Å². The van der Waals surface area contributed by atoms with Crippen molar-refractivity contribution in [1.29, 1.82) is 0 Å². The lowest BCUT2D eigenvalue weighted by atomic mass is 10.1. The Morgan fingerprint density at radius 2 is 0.520 bits per heavy atom. The highest BCUT2D eigenvalue weighted by Crippen LogP contribution is 2.15. The summed E-state index contributed by atoms with van der Waals surface area (Å²) in [6, 6.07) is 0. The summed E-state index contributed by atoms with van der Waals surface area (Å²) >= 11 is 0. The molecule has 0 aromatic carbocycles. The van der Waals surface area contributed by atoms with E-state index < -0.39 is 6.10 Å². The Morgan fingerprint density at radius 3 is 0.840 bits per heavy atom. The molecule has 0 saturated heterocycles. The Kier molecular flexibility index (Phi) is 58.9. The minimum Gasteiger partial charge on any atom is -0.462 e. The van der Waals surface area contributed by atoms with E-state index in [0.717, 1.165) is 128 Å². The van der Waals surface area contributed by atoms with Gasteiger partial charge in [-0.1, -0.05) is 264 Å². The van der Waals surface area contributed by atoms with Crippen LogP contribution in [0.15, 0.2) is 122 Å². The Morgan fingerprint density at radius 1 is 0.280 bits per heavy atom. The van der Waals surface area contributed by atoms with Gasteiger partial charge >= 0.3 is 17.9 Å². The number of carbonyl (C=O) groups excluding carboxylic acids is 3. The lowest BCUT2D eigenvalue weighted by Crippen LogP contribution is -2.30. The SMILES string of the molecule is CC/C=C\C/C=C\C/C=C\C/C=C\C/C=C\C/C=C\C/C=C\C/C=C\CCCCCCCCC(=O)OCC(COC(=O)CCCCCCCCC)OC(=O)CCCCCCCCCCC/C=C\C/C=C\CCCCC. The summed E-state index contributed by atoms with van der Waals surface area (Å²) in [6.07, 6.45) is 86.5. The van der Waals surface area contributed by atoms with E-state index in [9.17, 15) is 14.4 Å². The maximum absolute atomic E-state index is 12.8. The number of hydrogen-bond acceptors (Lipinski definition) is 6. The molecule has 0 aliphatic heterocycles. The molecule has 75 heavy (non-hydrogen) atoms. The molecule has 6 heteroatoms. The first-order valence-electron chi connectivity index (χ1n) is 31.0. The van der Waals surface area contributed by atoms with Crippen molar-refractivity contribution >= 4 is 17.9 Å². The molecule has 0 spiro atoms. The van der Waals surface area contributed by atoms with Gasteiger partial charge in [0, 0.05) is 19.3 Å². The van der Waals surface area contributed by atoms with Crippen LogP contribution in [-0.2, 0) is 28.6 Å². The van der Waals surface area contributed by atoms with Gasteiger partial charge in [-0.3, -0.25) is 14.4 Å². The van der Waals surface area contributed by atoms with E-state index in [-0.39, 0.29) is 31.1 Å². The van der Waals surface area contributed by atoms with Crippen LogP contribution in [0.4, 0.5) is 0 Å². The predicted molar refractivity (Wildman–Crippen MR) is 325 cm³/mol. The zero-order valence-electron chi connectivity index (χ0n) is 48.8. The van der Waals surface area contributed by atoms with Crippen LogP contribution >= 0.6 is 0 Å². The normalized spacial score (nSPS) is 12.9. The van der Waals surface area contributed by atoms with Crippen LogP contribution in [0.2, 0.25) is 0 Å². The summed E-state index contributed by atoms with van der Waals surface area (Å²) in [7, 11) is 0. The van der Waals surface area contributed by atoms with Crippen molar-refractivity contribution in [2.45, 2.75) is 284 Å². The van der Waals surface area contributed by atoms with Crippen molar-refractivity contribution in [3.05, 3.63) is 122 Å². The molecule has 0 amide bonds. The molecule has 1 unspecified atom stereocenters. The first-order chi connectivity index (χ1) is 37.0. The number of ether oxygens (including phenoxy) is 3. The molecule has 0 rings (SSSR count). The van der Waals surface area contributed by atoms with Gasteiger partial charge in [-0.15, -0.1) is 0 Å². The monoisotopic (exact) mass is 1040 g/mol. The fraction of sp³-hybridized carbons (Fsp3) is 0.667. The summed E-state index contributed by atoms with van der Waals surface area (Å²) in [5, 5.41) is 0. The summed E-state index contributed by atoms with van der Waals surface area (Å²) in [4.78, 5) is 38.0. The summed E-state index contributed by atoms with van der Waals surface area (Å²) in [6.45, 7) is 6.45. The third-order valence-corrected chi connectivity index (χ3v) is 13.0. The number of esters is 3. The predicted octanol–water partition coefficient (Wildman–Crippen LogP) is 21.2. The van der Waals surface area contributed by atoms with Crippen LogP contribution in [-0.4, -0.2) is 37.2 Å². The molecule has 0 radical (unpaired) electrons. The van der Waals surface area contributed by atoms with E-state index in [0.29, 0.717) is 19.3 Å². The van der Waals surface area contributed by atoms with Crippen LogP contribution in [0.5, 0.6) is 0 Å². The highest BCUT2D eigenvalue weighted by atomic mass is 16.6. The second kappa shape index (κ2) is 62.4. The maximum Gasteiger partial charge on any atom is 0.306 e. The van der Waals surface area contributed by atoms with Gasteiger partial charge in [-0.2, -0.15) is 0 Å². The molecule has 6 nitrogen and oxygen atoms in total. The zero-order chi connectivity index (χ0) is 54.3. The smallest absolute Gasteiger partial charge is 0.306 e. The van der Waals surface area contributed by atoms with E-state index in [1.54, 1.807) is 0 Å². The van der Waals surface area contributed by atoms with Gasteiger partial charge in [-0.25, -0.2) is 0 Å². The fourth-order valence-corrected chi connectivity index (χ4v) is 8.31. The second-order valence-corrected chi connectivity index (χ2v) is 20.2. The molecule has 1 atom stereocenters. The van der Waals surface area contributed by atoms with Crippen LogP contribution in [0, 0.1) is 0 Å². The summed E-state index contributed by atoms with van der Waals surface area (Å²) in [5.41, 5.74) is 0. The number of unbranched alkanes of at least 4 members (excludes halogenated alkanes) is 24. The van der Waals surface area contributed by atoms with Gasteiger partial charge in [0.05, 0.1) is 0 Å². The molecule has 0 aliphatic rings. The van der Waals surface area contributed by atoms with E-state index in [2.05, 4.69) is 142 Å². The number of hydrogen-bond donors (Lipinski definition) is 0. The highest BCUT2D eigenvalue weighted by Gasteiger charge is 2.19. The van der Waals surface area contributed by atoms with Crippen molar-refractivity contribution in [1.82, 2.24) is 0 Å². The van der Waals surface area contributed by atoms with Crippen molar-refractivity contribution in [3.63, 3.8) is 0 Å². The number of allylic oxidation sites excluding steroid dienone is 20. The molecular weight excluding hydrogens is 925 g/mol. The lowest BCUT2D eigenvalue weighted by Gasteiger charge is -2.18. The first kappa shape index (κ1) is 70.8. The average molecular weight is 1040 g/mol. The zero-order valence-corrected chi connectivity index (χ0v) is 48.8. The molecule has 0 aromatic rings. The molecule has 0 bridgehead atoms. The van der Waals surface area contributed by atoms with E-state index in [1.165, 1.54) is 109 Å². The fourth-order valence-electron chi connectivity index (χ4n) is 8.31. The molecule has 0 aliphatic carbocycles. The van der Waals surface area contributed by atoms with Gasteiger partial charge in [-0.05, 0) is 116 Å². The van der Waals surface area contributed by atoms with Crippen molar-refractivity contribution in [2.75, 3.05) is 13.2 Å². The van der Waals surface area contributed by atoms with Crippen LogP contribution in [0.25, 0.3) is 0 Å².